The Morgan fingerprint density at radius 1 is 1.12 bits per heavy atom. The highest BCUT2D eigenvalue weighted by Crippen LogP contribution is 2.20. The highest BCUT2D eigenvalue weighted by atomic mass is 16.2. The number of nitrogens with zero attached hydrogens (tertiary/aromatic N) is 4. The molecule has 1 fully saturated rings. The van der Waals surface area contributed by atoms with Gasteiger partial charge in [-0.05, 0) is 43.7 Å². The molecule has 132 valence electrons. The van der Waals surface area contributed by atoms with E-state index in [1.807, 2.05) is 48.4 Å². The van der Waals surface area contributed by atoms with Gasteiger partial charge in [0.1, 0.15) is 6.04 Å². The van der Waals surface area contributed by atoms with Crippen molar-refractivity contribution in [3.8, 4) is 0 Å². The first-order valence-electron chi connectivity index (χ1n) is 8.74. The van der Waals surface area contributed by atoms with Crippen molar-refractivity contribution in [2.24, 2.45) is 0 Å². The van der Waals surface area contributed by atoms with Gasteiger partial charge in [0, 0.05) is 49.8 Å². The highest BCUT2D eigenvalue weighted by molar-refractivity contribution is 5.94. The summed E-state index contributed by atoms with van der Waals surface area (Å²) < 4.78 is 1.75. The van der Waals surface area contributed by atoms with Gasteiger partial charge in [0.25, 0.3) is 0 Å². The van der Waals surface area contributed by atoms with Crippen LogP contribution in [0.15, 0.2) is 42.7 Å². The van der Waals surface area contributed by atoms with E-state index in [1.165, 1.54) is 0 Å². The molecule has 0 N–H and O–H groups in total. The Balaban J connectivity index is 1.61. The third kappa shape index (κ3) is 3.73. The van der Waals surface area contributed by atoms with Crippen LogP contribution in [0.5, 0.6) is 0 Å². The van der Waals surface area contributed by atoms with E-state index < -0.39 is 0 Å². The minimum atomic E-state index is -0.226. The number of hydrogen-bond donors (Lipinski definition) is 0. The van der Waals surface area contributed by atoms with E-state index in [1.54, 1.807) is 17.8 Å². The molecule has 0 bridgehead atoms. The zero-order valence-electron chi connectivity index (χ0n) is 14.8. The fraction of sp³-hybridized carbons (Fsp3) is 0.421. The van der Waals surface area contributed by atoms with Crippen LogP contribution >= 0.6 is 0 Å². The minimum Gasteiger partial charge on any atom is -0.368 e. The molecule has 3 rings (SSSR count). The second-order valence-electron chi connectivity index (χ2n) is 6.33. The summed E-state index contributed by atoms with van der Waals surface area (Å²) in [7, 11) is 0. The largest absolute Gasteiger partial charge is 0.368 e. The smallest absolute Gasteiger partial charge is 0.247 e. The van der Waals surface area contributed by atoms with Crippen molar-refractivity contribution < 1.29 is 9.59 Å². The van der Waals surface area contributed by atoms with Gasteiger partial charge in [0.05, 0.1) is 0 Å². The third-order valence-corrected chi connectivity index (χ3v) is 4.75. The monoisotopic (exact) mass is 340 g/mol. The van der Waals surface area contributed by atoms with Crippen LogP contribution in [0.25, 0.3) is 0 Å². The van der Waals surface area contributed by atoms with Gasteiger partial charge >= 0.3 is 0 Å². The first kappa shape index (κ1) is 17.2. The molecule has 0 saturated carbocycles. The van der Waals surface area contributed by atoms with Gasteiger partial charge < -0.3 is 9.80 Å². The lowest BCUT2D eigenvalue weighted by Gasteiger charge is -2.37. The molecule has 6 nitrogen and oxygen atoms in total. The van der Waals surface area contributed by atoms with E-state index in [4.69, 9.17) is 0 Å². The molecule has 1 aliphatic heterocycles. The van der Waals surface area contributed by atoms with Gasteiger partial charge in [-0.1, -0.05) is 6.92 Å². The van der Waals surface area contributed by atoms with Crippen LogP contribution in [0, 0.1) is 0 Å². The fourth-order valence-corrected chi connectivity index (χ4v) is 3.24. The lowest BCUT2D eigenvalue weighted by Crippen LogP contribution is -2.50. The topological polar surface area (TPSA) is 58.4 Å². The molecule has 1 saturated heterocycles. The van der Waals surface area contributed by atoms with Gasteiger partial charge in [0.2, 0.25) is 5.91 Å². The number of benzene rings is 1. The molecular weight excluding hydrogens is 316 g/mol. The first-order valence-corrected chi connectivity index (χ1v) is 8.74. The number of carbonyl (C=O) groups is 2. The number of Topliss-reactive ketones (excluding diaryl/α,β-unsaturated/α-hetero) is 1. The summed E-state index contributed by atoms with van der Waals surface area (Å²) in [4.78, 5) is 28.4. The van der Waals surface area contributed by atoms with Crippen LogP contribution < -0.4 is 4.90 Å². The molecule has 0 aliphatic carbocycles. The summed E-state index contributed by atoms with van der Waals surface area (Å²) in [6, 6.07) is 9.30. The molecule has 1 amide bonds. The van der Waals surface area contributed by atoms with Crippen molar-refractivity contribution >= 4 is 17.4 Å². The predicted octanol–water partition coefficient (Wildman–Crippen LogP) is 2.39. The SMILES string of the molecule is CC[C@H](C(=O)N1CCN(c2ccc(C(C)=O)cc2)CC1)n1cccn1. The Morgan fingerprint density at radius 3 is 2.32 bits per heavy atom. The molecule has 1 aromatic carbocycles. The molecular formula is C19H24N4O2. The lowest BCUT2D eigenvalue weighted by molar-refractivity contribution is -0.135. The van der Waals surface area contributed by atoms with E-state index in [2.05, 4.69) is 10.00 Å². The fourth-order valence-electron chi connectivity index (χ4n) is 3.24. The van der Waals surface area contributed by atoms with E-state index in [0.717, 1.165) is 30.8 Å². The number of amides is 1. The zero-order chi connectivity index (χ0) is 17.8. The summed E-state index contributed by atoms with van der Waals surface area (Å²) in [5.41, 5.74) is 1.82. The maximum atomic E-state index is 12.8. The van der Waals surface area contributed by atoms with Gasteiger partial charge in [0.15, 0.2) is 5.78 Å². The number of anilines is 1. The lowest BCUT2D eigenvalue weighted by atomic mass is 10.1. The molecule has 1 aromatic heterocycles. The Morgan fingerprint density at radius 2 is 1.80 bits per heavy atom. The number of piperazine rings is 1. The maximum absolute atomic E-state index is 12.8. The average Bonchev–Trinajstić information content (AvgIpc) is 3.17. The van der Waals surface area contributed by atoms with Crippen LogP contribution in [0.1, 0.15) is 36.7 Å². The highest BCUT2D eigenvalue weighted by Gasteiger charge is 2.27. The second-order valence-corrected chi connectivity index (χ2v) is 6.33. The molecule has 25 heavy (non-hydrogen) atoms. The van der Waals surface area contributed by atoms with E-state index >= 15 is 0 Å². The normalized spacial score (nSPS) is 15.9. The van der Waals surface area contributed by atoms with Gasteiger partial charge in [-0.3, -0.25) is 14.3 Å². The number of rotatable bonds is 5. The molecule has 6 heteroatoms. The zero-order valence-corrected chi connectivity index (χ0v) is 14.8. The van der Waals surface area contributed by atoms with E-state index in [9.17, 15) is 9.59 Å². The molecule has 2 heterocycles. The first-order chi connectivity index (χ1) is 12.1. The van der Waals surface area contributed by atoms with Crippen molar-refractivity contribution in [2.75, 3.05) is 31.1 Å². The van der Waals surface area contributed by atoms with Gasteiger partial charge in [-0.25, -0.2) is 0 Å². The molecule has 0 spiro atoms. The predicted molar refractivity (Wildman–Crippen MR) is 96.8 cm³/mol. The van der Waals surface area contributed by atoms with Crippen molar-refractivity contribution in [2.45, 2.75) is 26.3 Å². The molecule has 0 radical (unpaired) electrons. The van der Waals surface area contributed by atoms with Crippen molar-refractivity contribution in [3.63, 3.8) is 0 Å². The van der Waals surface area contributed by atoms with E-state index in [0.29, 0.717) is 13.1 Å². The van der Waals surface area contributed by atoms with Crippen molar-refractivity contribution in [1.82, 2.24) is 14.7 Å². The Bertz CT molecular complexity index is 716. The van der Waals surface area contributed by atoms with Crippen molar-refractivity contribution in [3.05, 3.63) is 48.3 Å². The molecule has 2 aromatic rings. The average molecular weight is 340 g/mol. The molecule has 1 atom stereocenters. The Kier molecular flexibility index (Phi) is 5.16. The maximum Gasteiger partial charge on any atom is 0.247 e. The van der Waals surface area contributed by atoms with Crippen LogP contribution in [0.3, 0.4) is 0 Å². The van der Waals surface area contributed by atoms with E-state index in [-0.39, 0.29) is 17.7 Å². The van der Waals surface area contributed by atoms with Crippen molar-refractivity contribution in [1.29, 1.82) is 0 Å². The number of carbonyl (C=O) groups excluding carboxylic acids is 2. The summed E-state index contributed by atoms with van der Waals surface area (Å²) >= 11 is 0. The summed E-state index contributed by atoms with van der Waals surface area (Å²) in [6.07, 6.45) is 4.28. The van der Waals surface area contributed by atoms with Crippen LogP contribution in [-0.2, 0) is 4.79 Å². The minimum absolute atomic E-state index is 0.0752. The quantitative estimate of drug-likeness (QED) is 0.784. The van der Waals surface area contributed by atoms with Gasteiger partial charge in [-0.2, -0.15) is 5.10 Å². The van der Waals surface area contributed by atoms with Crippen LogP contribution in [0.2, 0.25) is 0 Å². The summed E-state index contributed by atoms with van der Waals surface area (Å²) in [5.74, 6) is 0.212. The molecule has 0 unspecified atom stereocenters. The number of ketones is 1. The standard InChI is InChI=1S/C19H24N4O2/c1-3-18(23-10-4-9-20-23)19(25)22-13-11-21(12-14-22)17-7-5-16(6-8-17)15(2)24/h4-10,18H,3,11-14H2,1-2H3/t18-/m1/s1. The van der Waals surface area contributed by atoms with Crippen LogP contribution in [0.4, 0.5) is 5.69 Å². The number of hydrogen-bond acceptors (Lipinski definition) is 4. The molecule has 1 aliphatic rings. The summed E-state index contributed by atoms with van der Waals surface area (Å²) in [6.45, 7) is 6.57. The second kappa shape index (κ2) is 7.51. The Hall–Kier alpha value is -2.63. The van der Waals surface area contributed by atoms with Crippen LogP contribution in [-0.4, -0.2) is 52.5 Å². The summed E-state index contributed by atoms with van der Waals surface area (Å²) in [5, 5.41) is 4.22. The number of aromatic nitrogens is 2. The Labute approximate surface area is 148 Å². The van der Waals surface area contributed by atoms with Gasteiger partial charge in [-0.15, -0.1) is 0 Å². The third-order valence-electron chi connectivity index (χ3n) is 4.75.